The average molecular weight is 522 g/mol. The Kier molecular flexibility index (Phi) is 6.45. The van der Waals surface area contributed by atoms with Crippen molar-refractivity contribution in [2.75, 3.05) is 52.8 Å². The second-order valence-electron chi connectivity index (χ2n) is 10.1. The van der Waals surface area contributed by atoms with E-state index < -0.39 is 11.8 Å². The van der Waals surface area contributed by atoms with Crippen LogP contribution < -0.4 is 9.47 Å². The molecule has 4 heterocycles. The Balaban J connectivity index is 1.23. The maximum absolute atomic E-state index is 13.9. The van der Waals surface area contributed by atoms with Gasteiger partial charge in [0.05, 0.1) is 19.8 Å². The first-order valence-corrected chi connectivity index (χ1v) is 13.0. The van der Waals surface area contributed by atoms with Crippen LogP contribution in [0.3, 0.4) is 0 Å². The molecule has 2 aromatic carbocycles. The summed E-state index contributed by atoms with van der Waals surface area (Å²) in [5.74, 6) is 0.713. The maximum atomic E-state index is 13.9. The molecule has 0 N–H and O–H groups in total. The van der Waals surface area contributed by atoms with Crippen LogP contribution in [0.4, 0.5) is 0 Å². The molecule has 10 nitrogen and oxygen atoms in total. The van der Waals surface area contributed by atoms with Crippen molar-refractivity contribution in [3.05, 3.63) is 59.2 Å². The molecular formula is C28H31N3O7. The van der Waals surface area contributed by atoms with E-state index in [1.807, 2.05) is 19.1 Å². The van der Waals surface area contributed by atoms with Gasteiger partial charge in [-0.3, -0.25) is 19.3 Å². The Morgan fingerprint density at radius 1 is 0.816 bits per heavy atom. The molecule has 38 heavy (non-hydrogen) atoms. The Bertz CT molecular complexity index is 1230. The van der Waals surface area contributed by atoms with Gasteiger partial charge in [0.2, 0.25) is 12.7 Å². The number of benzene rings is 2. The van der Waals surface area contributed by atoms with Crippen molar-refractivity contribution in [2.24, 2.45) is 0 Å². The van der Waals surface area contributed by atoms with Crippen molar-refractivity contribution in [2.45, 2.75) is 31.5 Å². The van der Waals surface area contributed by atoms with E-state index in [0.29, 0.717) is 74.9 Å². The third kappa shape index (κ3) is 4.37. The molecule has 1 spiro atoms. The van der Waals surface area contributed by atoms with Gasteiger partial charge in [-0.05, 0) is 37.3 Å². The molecule has 2 aromatic rings. The SMILES string of the molecule is Cc1ccc(C(=O)N2[C@H](C(=O)N3CCOCC3)COC23CCN(C(=O)c2ccc4c(c2)OCO4)CC3)cc1. The van der Waals surface area contributed by atoms with Crippen molar-refractivity contribution in [3.63, 3.8) is 0 Å². The van der Waals surface area contributed by atoms with E-state index in [-0.39, 0.29) is 31.1 Å². The molecule has 6 rings (SSSR count). The number of nitrogens with zero attached hydrogens (tertiary/aromatic N) is 3. The van der Waals surface area contributed by atoms with Gasteiger partial charge >= 0.3 is 0 Å². The van der Waals surface area contributed by atoms with Crippen molar-refractivity contribution in [1.29, 1.82) is 0 Å². The quantitative estimate of drug-likeness (QED) is 0.610. The van der Waals surface area contributed by atoms with Crippen LogP contribution in [0.25, 0.3) is 0 Å². The molecule has 4 aliphatic rings. The van der Waals surface area contributed by atoms with Gasteiger partial charge in [-0.15, -0.1) is 0 Å². The number of likely N-dealkylation sites (tertiary alicyclic amines) is 1. The van der Waals surface area contributed by atoms with Crippen molar-refractivity contribution in [3.8, 4) is 11.5 Å². The summed E-state index contributed by atoms with van der Waals surface area (Å²) in [6, 6.07) is 11.8. The number of amides is 3. The number of hydrogen-bond donors (Lipinski definition) is 0. The van der Waals surface area contributed by atoms with E-state index in [1.165, 1.54) is 0 Å². The van der Waals surface area contributed by atoms with E-state index >= 15 is 0 Å². The zero-order valence-electron chi connectivity index (χ0n) is 21.4. The molecule has 1 atom stereocenters. The first kappa shape index (κ1) is 24.7. The Hall–Kier alpha value is -3.63. The maximum Gasteiger partial charge on any atom is 0.256 e. The number of morpholine rings is 1. The number of ether oxygens (including phenoxy) is 4. The topological polar surface area (TPSA) is 97.9 Å². The van der Waals surface area contributed by atoms with Crippen LogP contribution in [0.15, 0.2) is 42.5 Å². The van der Waals surface area contributed by atoms with Crippen molar-refractivity contribution >= 4 is 17.7 Å². The Labute approximate surface area is 221 Å². The number of fused-ring (bicyclic) bond motifs is 1. The number of rotatable bonds is 3. The molecule has 3 amide bonds. The zero-order chi connectivity index (χ0) is 26.3. The molecule has 3 fully saturated rings. The van der Waals surface area contributed by atoms with Crippen molar-refractivity contribution in [1.82, 2.24) is 14.7 Å². The minimum Gasteiger partial charge on any atom is -0.454 e. The summed E-state index contributed by atoms with van der Waals surface area (Å²) in [6.45, 7) is 4.97. The van der Waals surface area contributed by atoms with Gasteiger partial charge in [-0.2, -0.15) is 0 Å². The summed E-state index contributed by atoms with van der Waals surface area (Å²) in [5.41, 5.74) is 1.12. The van der Waals surface area contributed by atoms with Crippen LogP contribution in [-0.2, 0) is 14.3 Å². The second kappa shape index (κ2) is 9.92. The number of carbonyl (C=O) groups is 3. The lowest BCUT2D eigenvalue weighted by Crippen LogP contribution is -2.60. The van der Waals surface area contributed by atoms with Gasteiger partial charge in [-0.1, -0.05) is 17.7 Å². The van der Waals surface area contributed by atoms with Gasteiger partial charge in [-0.25, -0.2) is 0 Å². The normalized spacial score (nSPS) is 22.1. The average Bonchev–Trinajstić information content (AvgIpc) is 3.58. The third-order valence-electron chi connectivity index (χ3n) is 7.84. The first-order chi connectivity index (χ1) is 18.4. The summed E-state index contributed by atoms with van der Waals surface area (Å²) in [5, 5.41) is 0. The fourth-order valence-corrected chi connectivity index (χ4v) is 5.66. The summed E-state index contributed by atoms with van der Waals surface area (Å²) >= 11 is 0. The predicted octanol–water partition coefficient (Wildman–Crippen LogP) is 2.06. The summed E-state index contributed by atoms with van der Waals surface area (Å²) in [6.07, 6.45) is 0.821. The van der Waals surface area contributed by atoms with Crippen LogP contribution in [0.5, 0.6) is 11.5 Å². The zero-order valence-corrected chi connectivity index (χ0v) is 21.4. The van der Waals surface area contributed by atoms with Gasteiger partial charge in [0.15, 0.2) is 11.5 Å². The standard InChI is InChI=1S/C28H31N3O7/c1-19-2-4-20(5-3-19)26(33)31-22(27(34)30-12-14-35-15-13-30)17-38-28(31)8-10-29(11-9-28)25(32)21-6-7-23-24(16-21)37-18-36-23/h2-7,16,22H,8-15,17-18H2,1H3/t22-/m0/s1. The van der Waals surface area contributed by atoms with Gasteiger partial charge < -0.3 is 28.7 Å². The molecule has 3 saturated heterocycles. The Morgan fingerprint density at radius 3 is 2.24 bits per heavy atom. The van der Waals surface area contributed by atoms with Crippen LogP contribution in [0, 0.1) is 6.92 Å². The highest BCUT2D eigenvalue weighted by atomic mass is 16.7. The summed E-state index contributed by atoms with van der Waals surface area (Å²) in [4.78, 5) is 46.0. The molecular weight excluding hydrogens is 490 g/mol. The molecule has 200 valence electrons. The van der Waals surface area contributed by atoms with Gasteiger partial charge in [0.25, 0.3) is 11.8 Å². The van der Waals surface area contributed by atoms with Crippen LogP contribution in [0.2, 0.25) is 0 Å². The fraction of sp³-hybridized carbons (Fsp3) is 0.464. The molecule has 0 bridgehead atoms. The van der Waals surface area contributed by atoms with E-state index in [0.717, 1.165) is 5.56 Å². The molecule has 0 saturated carbocycles. The monoisotopic (exact) mass is 521 g/mol. The first-order valence-electron chi connectivity index (χ1n) is 13.0. The third-order valence-corrected chi connectivity index (χ3v) is 7.84. The van der Waals surface area contributed by atoms with E-state index in [2.05, 4.69) is 0 Å². The lowest BCUT2D eigenvalue weighted by atomic mass is 9.95. The fourth-order valence-electron chi connectivity index (χ4n) is 5.66. The largest absolute Gasteiger partial charge is 0.454 e. The predicted molar refractivity (Wildman–Crippen MR) is 135 cm³/mol. The van der Waals surface area contributed by atoms with Gasteiger partial charge in [0.1, 0.15) is 11.8 Å². The molecule has 10 heteroatoms. The highest BCUT2D eigenvalue weighted by Gasteiger charge is 2.55. The Morgan fingerprint density at radius 2 is 1.50 bits per heavy atom. The van der Waals surface area contributed by atoms with Crippen molar-refractivity contribution < 1.29 is 33.3 Å². The lowest BCUT2D eigenvalue weighted by Gasteiger charge is -2.45. The van der Waals surface area contributed by atoms with E-state index in [9.17, 15) is 14.4 Å². The number of carbonyl (C=O) groups excluding carboxylic acids is 3. The molecule has 4 aliphatic heterocycles. The van der Waals surface area contributed by atoms with E-state index in [1.54, 1.807) is 45.0 Å². The summed E-state index contributed by atoms with van der Waals surface area (Å²) in [7, 11) is 0. The highest BCUT2D eigenvalue weighted by molar-refractivity contribution is 5.99. The number of piperidine rings is 1. The van der Waals surface area contributed by atoms with Crippen LogP contribution in [-0.4, -0.2) is 97.0 Å². The minimum atomic E-state index is -0.958. The number of aryl methyl sites for hydroxylation is 1. The van der Waals surface area contributed by atoms with E-state index in [4.69, 9.17) is 18.9 Å². The minimum absolute atomic E-state index is 0.117. The number of hydrogen-bond acceptors (Lipinski definition) is 7. The lowest BCUT2D eigenvalue weighted by molar-refractivity contribution is -0.141. The molecule has 0 aromatic heterocycles. The molecule has 0 radical (unpaired) electrons. The highest BCUT2D eigenvalue weighted by Crippen LogP contribution is 2.40. The van der Waals surface area contributed by atoms with Gasteiger partial charge in [0, 0.05) is 50.1 Å². The molecule has 0 aliphatic carbocycles. The summed E-state index contributed by atoms with van der Waals surface area (Å²) < 4.78 is 22.5. The smallest absolute Gasteiger partial charge is 0.256 e. The molecule has 0 unspecified atom stereocenters. The van der Waals surface area contributed by atoms with Crippen LogP contribution in [0.1, 0.15) is 39.1 Å². The second-order valence-corrected chi connectivity index (χ2v) is 10.1. The van der Waals surface area contributed by atoms with Crippen LogP contribution >= 0.6 is 0 Å².